The highest BCUT2D eigenvalue weighted by Crippen LogP contribution is 2.48. The van der Waals surface area contributed by atoms with Gasteiger partial charge in [-0.3, -0.25) is 4.99 Å². The monoisotopic (exact) mass is 325 g/mol. The van der Waals surface area contributed by atoms with Crippen LogP contribution in [-0.4, -0.2) is 18.2 Å². The van der Waals surface area contributed by atoms with E-state index in [0.29, 0.717) is 12.0 Å². The molecule has 0 amide bonds. The number of benzene rings is 1. The molecule has 3 heteroatoms. The molecule has 1 saturated heterocycles. The van der Waals surface area contributed by atoms with Gasteiger partial charge in [0.25, 0.3) is 0 Å². The van der Waals surface area contributed by atoms with Crippen molar-refractivity contribution in [3.8, 4) is 5.75 Å². The molecule has 1 aromatic rings. The summed E-state index contributed by atoms with van der Waals surface area (Å²) < 4.78 is 5.37. The normalized spacial score (nSPS) is 25.7. The second-order valence-electron chi connectivity index (χ2n) is 6.60. The van der Waals surface area contributed by atoms with Gasteiger partial charge in [-0.15, -0.1) is 0 Å². The molecule has 4 rings (SSSR count). The fourth-order valence-corrected chi connectivity index (χ4v) is 5.04. The Balaban J connectivity index is 1.61. The molecule has 1 unspecified atom stereocenters. The average Bonchev–Trinajstić information content (AvgIpc) is 2.90. The third kappa shape index (κ3) is 3.12. The standard InChI is InChI=1S/C20H23NOS/c1-22-16-10-11-17-14(12-16)6-5-9-19-18(17)13-20(23-19)21-15-7-3-2-4-8-15/h5-6,9-12,15,18H,2-4,7-8,13H2,1H3. The lowest BCUT2D eigenvalue weighted by molar-refractivity contribution is 0.414. The van der Waals surface area contributed by atoms with Gasteiger partial charge in [-0.25, -0.2) is 0 Å². The molecule has 0 aromatic heterocycles. The molecule has 2 fully saturated rings. The minimum atomic E-state index is 0.471. The summed E-state index contributed by atoms with van der Waals surface area (Å²) in [5.41, 5.74) is 2.69. The van der Waals surface area contributed by atoms with Gasteiger partial charge in [0.2, 0.25) is 0 Å². The Morgan fingerprint density at radius 3 is 2.87 bits per heavy atom. The number of nitrogens with zero attached hydrogens (tertiary/aromatic N) is 1. The van der Waals surface area contributed by atoms with Crippen LogP contribution in [0.25, 0.3) is 6.08 Å². The molecule has 2 nitrogen and oxygen atoms in total. The summed E-state index contributed by atoms with van der Waals surface area (Å²) in [6, 6.07) is 7.02. The summed E-state index contributed by atoms with van der Waals surface area (Å²) >= 11 is 1.90. The van der Waals surface area contributed by atoms with E-state index in [1.807, 2.05) is 11.8 Å². The molecule has 1 aromatic carbocycles. The summed E-state index contributed by atoms with van der Waals surface area (Å²) in [6.45, 7) is 0. The highest BCUT2D eigenvalue weighted by atomic mass is 32.2. The lowest BCUT2D eigenvalue weighted by Crippen LogP contribution is -2.11. The maximum absolute atomic E-state index is 5.37. The van der Waals surface area contributed by atoms with Crippen LogP contribution in [0.3, 0.4) is 0 Å². The van der Waals surface area contributed by atoms with Crippen LogP contribution in [0.2, 0.25) is 0 Å². The summed E-state index contributed by atoms with van der Waals surface area (Å²) in [5, 5.41) is 1.34. The van der Waals surface area contributed by atoms with E-state index >= 15 is 0 Å². The van der Waals surface area contributed by atoms with E-state index in [1.54, 1.807) is 7.11 Å². The van der Waals surface area contributed by atoms with Crippen molar-refractivity contribution in [2.24, 2.45) is 4.99 Å². The highest BCUT2D eigenvalue weighted by molar-refractivity contribution is 8.17. The fourth-order valence-electron chi connectivity index (χ4n) is 3.82. The first-order chi connectivity index (χ1) is 11.3. The van der Waals surface area contributed by atoms with Gasteiger partial charge in [-0.05, 0) is 41.0 Å². The van der Waals surface area contributed by atoms with Crippen molar-refractivity contribution in [1.29, 1.82) is 0 Å². The molecule has 0 bridgehead atoms. The number of ether oxygens (including phenoxy) is 1. The zero-order valence-corrected chi connectivity index (χ0v) is 14.4. The summed E-state index contributed by atoms with van der Waals surface area (Å²) in [6.07, 6.45) is 14.4. The van der Waals surface area contributed by atoms with Gasteiger partial charge >= 0.3 is 0 Å². The van der Waals surface area contributed by atoms with Crippen LogP contribution in [0.15, 0.2) is 40.2 Å². The van der Waals surface area contributed by atoms with Crippen LogP contribution in [0.1, 0.15) is 55.6 Å². The van der Waals surface area contributed by atoms with E-state index in [1.165, 1.54) is 53.2 Å². The van der Waals surface area contributed by atoms with Gasteiger partial charge in [0.05, 0.1) is 18.2 Å². The predicted octanol–water partition coefficient (Wildman–Crippen LogP) is 5.56. The highest BCUT2D eigenvalue weighted by Gasteiger charge is 2.31. The lowest BCUT2D eigenvalue weighted by Gasteiger charge is -2.18. The van der Waals surface area contributed by atoms with Crippen molar-refractivity contribution >= 4 is 22.9 Å². The molecule has 1 saturated carbocycles. The summed E-state index contributed by atoms with van der Waals surface area (Å²) in [5.74, 6) is 1.40. The number of allylic oxidation sites excluding steroid dienone is 3. The minimum absolute atomic E-state index is 0.471. The zero-order chi connectivity index (χ0) is 15.6. The largest absolute Gasteiger partial charge is 0.497 e. The van der Waals surface area contributed by atoms with Gasteiger partial charge < -0.3 is 4.74 Å². The van der Waals surface area contributed by atoms with E-state index in [-0.39, 0.29) is 0 Å². The number of aliphatic imine (C=N–C) groups is 1. The first-order valence-electron chi connectivity index (χ1n) is 8.64. The van der Waals surface area contributed by atoms with Crippen molar-refractivity contribution in [3.05, 3.63) is 46.4 Å². The van der Waals surface area contributed by atoms with E-state index in [4.69, 9.17) is 9.73 Å². The number of rotatable bonds is 2. The Morgan fingerprint density at radius 2 is 2.04 bits per heavy atom. The van der Waals surface area contributed by atoms with Crippen molar-refractivity contribution in [2.45, 2.75) is 50.5 Å². The Morgan fingerprint density at radius 1 is 1.17 bits per heavy atom. The molecule has 0 radical (unpaired) electrons. The second kappa shape index (κ2) is 6.56. The fraction of sp³-hybridized carbons (Fsp3) is 0.450. The Hall–Kier alpha value is -1.48. The van der Waals surface area contributed by atoms with Gasteiger partial charge in [0.1, 0.15) is 5.75 Å². The van der Waals surface area contributed by atoms with Crippen LogP contribution in [-0.2, 0) is 0 Å². The van der Waals surface area contributed by atoms with Crippen LogP contribution < -0.4 is 4.74 Å². The van der Waals surface area contributed by atoms with Gasteiger partial charge in [-0.2, -0.15) is 0 Å². The van der Waals surface area contributed by atoms with Crippen molar-refractivity contribution in [1.82, 2.24) is 0 Å². The Labute approximate surface area is 142 Å². The maximum atomic E-state index is 5.37. The molecule has 1 aliphatic heterocycles. The number of hydrogen-bond donors (Lipinski definition) is 0. The third-order valence-electron chi connectivity index (χ3n) is 5.06. The predicted molar refractivity (Wildman–Crippen MR) is 99.4 cm³/mol. The first kappa shape index (κ1) is 15.1. The molecule has 2 aliphatic carbocycles. The van der Waals surface area contributed by atoms with Crippen molar-refractivity contribution < 1.29 is 4.74 Å². The lowest BCUT2D eigenvalue weighted by atomic mass is 9.92. The molecule has 23 heavy (non-hydrogen) atoms. The molecule has 0 N–H and O–H groups in total. The van der Waals surface area contributed by atoms with Crippen LogP contribution in [0, 0.1) is 0 Å². The molecule has 3 aliphatic rings. The van der Waals surface area contributed by atoms with Crippen LogP contribution >= 0.6 is 11.8 Å². The average molecular weight is 325 g/mol. The SMILES string of the molecule is COc1ccc2c(c1)C=CC=C1SC(=NC3CCCCC3)CC12. The Bertz CT molecular complexity index is 683. The second-order valence-corrected chi connectivity index (χ2v) is 7.74. The number of thioether (sulfide) groups is 1. The topological polar surface area (TPSA) is 21.6 Å². The molecular weight excluding hydrogens is 302 g/mol. The van der Waals surface area contributed by atoms with E-state index in [2.05, 4.69) is 36.4 Å². The number of methoxy groups -OCH3 is 1. The van der Waals surface area contributed by atoms with Crippen LogP contribution in [0.4, 0.5) is 0 Å². The van der Waals surface area contributed by atoms with Crippen LogP contribution in [0.5, 0.6) is 5.75 Å². The summed E-state index contributed by atoms with van der Waals surface area (Å²) in [4.78, 5) is 6.53. The molecular formula is C20H23NOS. The van der Waals surface area contributed by atoms with Crippen molar-refractivity contribution in [3.63, 3.8) is 0 Å². The number of fused-ring (bicyclic) bond motifs is 3. The number of hydrogen-bond acceptors (Lipinski definition) is 3. The smallest absolute Gasteiger partial charge is 0.119 e. The third-order valence-corrected chi connectivity index (χ3v) is 6.23. The van der Waals surface area contributed by atoms with E-state index < -0.39 is 0 Å². The first-order valence-corrected chi connectivity index (χ1v) is 9.46. The molecule has 1 heterocycles. The maximum Gasteiger partial charge on any atom is 0.119 e. The Kier molecular flexibility index (Phi) is 4.30. The van der Waals surface area contributed by atoms with E-state index in [0.717, 1.165) is 12.2 Å². The van der Waals surface area contributed by atoms with E-state index in [9.17, 15) is 0 Å². The summed E-state index contributed by atoms with van der Waals surface area (Å²) in [7, 11) is 1.73. The van der Waals surface area contributed by atoms with Gasteiger partial charge in [0, 0.05) is 12.3 Å². The van der Waals surface area contributed by atoms with Gasteiger partial charge in [0.15, 0.2) is 0 Å². The molecule has 120 valence electrons. The molecule has 1 atom stereocenters. The molecule has 0 spiro atoms. The zero-order valence-electron chi connectivity index (χ0n) is 13.6. The van der Waals surface area contributed by atoms with Crippen molar-refractivity contribution in [2.75, 3.05) is 7.11 Å². The quantitative estimate of drug-likeness (QED) is 0.710. The van der Waals surface area contributed by atoms with Gasteiger partial charge in [-0.1, -0.05) is 55.3 Å². The minimum Gasteiger partial charge on any atom is -0.497 e.